The average molecular weight is 385 g/mol. The van der Waals surface area contributed by atoms with E-state index in [0.717, 1.165) is 10.0 Å². The third-order valence-electron chi connectivity index (χ3n) is 3.25. The van der Waals surface area contributed by atoms with Gasteiger partial charge in [0.1, 0.15) is 12.1 Å². The number of carbonyl (C=O) groups excluding carboxylic acids is 2. The molecule has 0 aromatic heterocycles. The molecule has 1 rings (SSSR count). The SMILES string of the molecule is CC(=O)N[C@@H](C(=O)N[C@H](Cc1cccc(Br)c1)C(=O)O)C(C)C. The minimum atomic E-state index is -1.12. The molecule has 0 fully saturated rings. The van der Waals surface area contributed by atoms with E-state index >= 15 is 0 Å². The molecule has 0 aliphatic carbocycles. The van der Waals surface area contributed by atoms with Crippen LogP contribution < -0.4 is 10.6 Å². The van der Waals surface area contributed by atoms with Gasteiger partial charge in [-0.25, -0.2) is 4.79 Å². The Balaban J connectivity index is 2.84. The minimum Gasteiger partial charge on any atom is -0.480 e. The Morgan fingerprint density at radius 2 is 1.87 bits per heavy atom. The second kappa shape index (κ2) is 8.67. The van der Waals surface area contributed by atoms with Crippen LogP contribution in [0.3, 0.4) is 0 Å². The van der Waals surface area contributed by atoms with Crippen molar-refractivity contribution in [2.45, 2.75) is 39.3 Å². The monoisotopic (exact) mass is 384 g/mol. The molecule has 0 saturated heterocycles. The van der Waals surface area contributed by atoms with Crippen LogP contribution in [0, 0.1) is 5.92 Å². The van der Waals surface area contributed by atoms with Crippen LogP contribution in [0.15, 0.2) is 28.7 Å². The first-order valence-corrected chi connectivity index (χ1v) is 8.04. The molecule has 1 aromatic rings. The van der Waals surface area contributed by atoms with Gasteiger partial charge in [-0.1, -0.05) is 41.9 Å². The zero-order chi connectivity index (χ0) is 17.6. The Kier molecular flexibility index (Phi) is 7.22. The molecule has 126 valence electrons. The van der Waals surface area contributed by atoms with Gasteiger partial charge in [-0.3, -0.25) is 9.59 Å². The molecular weight excluding hydrogens is 364 g/mol. The second-order valence-corrected chi connectivity index (χ2v) is 6.57. The third kappa shape index (κ3) is 6.40. The van der Waals surface area contributed by atoms with E-state index in [1.54, 1.807) is 32.0 Å². The van der Waals surface area contributed by atoms with Crippen LogP contribution in [-0.2, 0) is 20.8 Å². The van der Waals surface area contributed by atoms with Gasteiger partial charge in [0, 0.05) is 17.8 Å². The molecule has 0 bridgehead atoms. The molecule has 0 aliphatic heterocycles. The number of hydrogen-bond donors (Lipinski definition) is 3. The summed E-state index contributed by atoms with van der Waals surface area (Å²) in [6, 6.07) is 5.40. The van der Waals surface area contributed by atoms with Crippen molar-refractivity contribution >= 4 is 33.7 Å². The molecule has 0 radical (unpaired) electrons. The summed E-state index contributed by atoms with van der Waals surface area (Å²) in [7, 11) is 0. The van der Waals surface area contributed by atoms with Crippen molar-refractivity contribution in [1.29, 1.82) is 0 Å². The molecule has 7 heteroatoms. The van der Waals surface area contributed by atoms with Crippen LogP contribution in [0.4, 0.5) is 0 Å². The first kappa shape index (κ1) is 19.2. The summed E-state index contributed by atoms with van der Waals surface area (Å²) in [5.41, 5.74) is 0.785. The highest BCUT2D eigenvalue weighted by Gasteiger charge is 2.28. The lowest BCUT2D eigenvalue weighted by Crippen LogP contribution is -2.53. The topological polar surface area (TPSA) is 95.5 Å². The van der Waals surface area contributed by atoms with E-state index in [-0.39, 0.29) is 18.2 Å². The molecule has 1 aromatic carbocycles. The van der Waals surface area contributed by atoms with Crippen molar-refractivity contribution < 1.29 is 19.5 Å². The highest BCUT2D eigenvalue weighted by Crippen LogP contribution is 2.13. The summed E-state index contributed by atoms with van der Waals surface area (Å²) in [5.74, 6) is -2.11. The van der Waals surface area contributed by atoms with Gasteiger partial charge in [0.05, 0.1) is 0 Å². The summed E-state index contributed by atoms with van der Waals surface area (Å²) >= 11 is 3.33. The minimum absolute atomic E-state index is 0.154. The number of amides is 2. The average Bonchev–Trinajstić information content (AvgIpc) is 2.43. The largest absolute Gasteiger partial charge is 0.480 e. The van der Waals surface area contributed by atoms with Crippen molar-refractivity contribution in [3.05, 3.63) is 34.3 Å². The van der Waals surface area contributed by atoms with Crippen molar-refractivity contribution in [3.63, 3.8) is 0 Å². The molecule has 0 unspecified atom stereocenters. The Labute approximate surface area is 143 Å². The summed E-state index contributed by atoms with van der Waals surface area (Å²) in [6.07, 6.45) is 0.158. The Morgan fingerprint density at radius 3 is 2.35 bits per heavy atom. The van der Waals surface area contributed by atoms with Gasteiger partial charge in [-0.2, -0.15) is 0 Å². The lowest BCUT2D eigenvalue weighted by molar-refractivity contribution is -0.142. The van der Waals surface area contributed by atoms with E-state index in [4.69, 9.17) is 0 Å². The van der Waals surface area contributed by atoms with Gasteiger partial charge < -0.3 is 15.7 Å². The van der Waals surface area contributed by atoms with E-state index < -0.39 is 24.0 Å². The van der Waals surface area contributed by atoms with E-state index in [9.17, 15) is 19.5 Å². The third-order valence-corrected chi connectivity index (χ3v) is 3.74. The number of rotatable bonds is 7. The summed E-state index contributed by atoms with van der Waals surface area (Å²) in [4.78, 5) is 34.9. The summed E-state index contributed by atoms with van der Waals surface area (Å²) in [5, 5.41) is 14.4. The predicted molar refractivity (Wildman–Crippen MR) is 89.9 cm³/mol. The van der Waals surface area contributed by atoms with Crippen molar-refractivity contribution in [1.82, 2.24) is 10.6 Å². The van der Waals surface area contributed by atoms with Gasteiger partial charge in [-0.05, 0) is 23.6 Å². The number of carbonyl (C=O) groups is 3. The first-order valence-electron chi connectivity index (χ1n) is 7.25. The quantitative estimate of drug-likeness (QED) is 0.666. The number of carboxylic acids is 1. The molecule has 0 saturated carbocycles. The number of hydrogen-bond acceptors (Lipinski definition) is 3. The number of carboxylic acid groups (broad SMARTS) is 1. The van der Waals surface area contributed by atoms with Crippen LogP contribution in [0.25, 0.3) is 0 Å². The van der Waals surface area contributed by atoms with Gasteiger partial charge in [0.15, 0.2) is 0 Å². The molecule has 0 heterocycles. The smallest absolute Gasteiger partial charge is 0.326 e. The second-order valence-electron chi connectivity index (χ2n) is 5.66. The van der Waals surface area contributed by atoms with Crippen LogP contribution in [0.2, 0.25) is 0 Å². The molecule has 2 atom stereocenters. The zero-order valence-electron chi connectivity index (χ0n) is 13.3. The zero-order valence-corrected chi connectivity index (χ0v) is 14.9. The molecule has 2 amide bonds. The normalized spacial score (nSPS) is 13.3. The van der Waals surface area contributed by atoms with Gasteiger partial charge in [-0.15, -0.1) is 0 Å². The Bertz CT molecular complexity index is 589. The van der Waals surface area contributed by atoms with Gasteiger partial charge in [0.2, 0.25) is 11.8 Å². The molecule has 23 heavy (non-hydrogen) atoms. The maximum absolute atomic E-state index is 12.3. The number of benzene rings is 1. The molecular formula is C16H21BrN2O4. The number of aliphatic carboxylic acids is 1. The van der Waals surface area contributed by atoms with Gasteiger partial charge >= 0.3 is 5.97 Å². The van der Waals surface area contributed by atoms with E-state index in [2.05, 4.69) is 26.6 Å². The molecule has 3 N–H and O–H groups in total. The maximum Gasteiger partial charge on any atom is 0.326 e. The lowest BCUT2D eigenvalue weighted by atomic mass is 10.0. The highest BCUT2D eigenvalue weighted by atomic mass is 79.9. The molecule has 6 nitrogen and oxygen atoms in total. The van der Waals surface area contributed by atoms with E-state index in [0.29, 0.717) is 0 Å². The van der Waals surface area contributed by atoms with Crippen molar-refractivity contribution in [2.75, 3.05) is 0 Å². The standard InChI is InChI=1S/C16H21BrN2O4/c1-9(2)14(18-10(3)20)15(21)19-13(16(22)23)8-11-5-4-6-12(17)7-11/h4-7,9,13-14H,8H2,1-3H3,(H,18,20)(H,19,21)(H,22,23)/t13-,14-/m1/s1. The summed E-state index contributed by atoms with van der Waals surface area (Å²) in [6.45, 7) is 4.88. The Morgan fingerprint density at radius 1 is 1.22 bits per heavy atom. The van der Waals surface area contributed by atoms with Crippen LogP contribution in [0.1, 0.15) is 26.3 Å². The van der Waals surface area contributed by atoms with Crippen molar-refractivity contribution in [2.24, 2.45) is 5.92 Å². The van der Waals surface area contributed by atoms with Crippen LogP contribution in [0.5, 0.6) is 0 Å². The summed E-state index contributed by atoms with van der Waals surface area (Å²) < 4.78 is 0.837. The molecule has 0 aliphatic rings. The maximum atomic E-state index is 12.3. The highest BCUT2D eigenvalue weighted by molar-refractivity contribution is 9.10. The Hall–Kier alpha value is -1.89. The van der Waals surface area contributed by atoms with E-state index in [1.165, 1.54) is 6.92 Å². The van der Waals surface area contributed by atoms with Crippen molar-refractivity contribution in [3.8, 4) is 0 Å². The number of nitrogens with one attached hydrogen (secondary N) is 2. The predicted octanol–water partition coefficient (Wildman–Crippen LogP) is 1.72. The fourth-order valence-electron chi connectivity index (χ4n) is 2.12. The fourth-order valence-corrected chi connectivity index (χ4v) is 2.56. The van der Waals surface area contributed by atoms with E-state index in [1.807, 2.05) is 6.07 Å². The first-order chi connectivity index (χ1) is 10.7. The van der Waals surface area contributed by atoms with Crippen LogP contribution in [-0.4, -0.2) is 35.0 Å². The van der Waals surface area contributed by atoms with Crippen LogP contribution >= 0.6 is 15.9 Å². The fraction of sp³-hybridized carbons (Fsp3) is 0.438. The van der Waals surface area contributed by atoms with Gasteiger partial charge in [0.25, 0.3) is 0 Å². The molecule has 0 spiro atoms. The lowest BCUT2D eigenvalue weighted by Gasteiger charge is -2.23. The number of halogens is 1.